The summed E-state index contributed by atoms with van der Waals surface area (Å²) < 4.78 is 0. The Bertz CT molecular complexity index is 293. The molecule has 3 unspecified atom stereocenters. The summed E-state index contributed by atoms with van der Waals surface area (Å²) in [6.45, 7) is 7.11. The molecule has 0 spiro atoms. The highest BCUT2D eigenvalue weighted by Gasteiger charge is 2.52. The number of rotatable bonds is 3. The fraction of sp³-hybridized carbons (Fsp3) is 1.00. The van der Waals surface area contributed by atoms with Crippen LogP contribution in [0.4, 0.5) is 0 Å². The van der Waals surface area contributed by atoms with Crippen molar-refractivity contribution in [1.29, 1.82) is 0 Å². The summed E-state index contributed by atoms with van der Waals surface area (Å²) in [7, 11) is 0. The van der Waals surface area contributed by atoms with Gasteiger partial charge in [-0.3, -0.25) is 9.80 Å². The molecule has 3 fully saturated rings. The van der Waals surface area contributed by atoms with Crippen LogP contribution in [0.5, 0.6) is 0 Å². The van der Waals surface area contributed by atoms with Gasteiger partial charge in [-0.05, 0) is 51.6 Å². The van der Waals surface area contributed by atoms with Crippen LogP contribution in [0.3, 0.4) is 0 Å². The quantitative estimate of drug-likeness (QED) is 0.830. The van der Waals surface area contributed by atoms with Gasteiger partial charge in [-0.2, -0.15) is 0 Å². The second-order valence-corrected chi connectivity index (χ2v) is 6.50. The van der Waals surface area contributed by atoms with Crippen molar-refractivity contribution in [1.82, 2.24) is 9.80 Å². The first-order chi connectivity index (χ1) is 8.81. The number of hydrogen-bond acceptors (Lipinski definition) is 3. The van der Waals surface area contributed by atoms with Crippen LogP contribution in [0, 0.1) is 0 Å². The molecule has 3 aliphatic heterocycles. The molecule has 0 aromatic heterocycles. The monoisotopic (exact) mass is 251 g/mol. The Labute approximate surface area is 112 Å². The van der Waals surface area contributed by atoms with Crippen LogP contribution in [0.15, 0.2) is 0 Å². The van der Waals surface area contributed by atoms with E-state index in [1.54, 1.807) is 0 Å². The second kappa shape index (κ2) is 5.10. The molecule has 0 saturated carbocycles. The summed E-state index contributed by atoms with van der Waals surface area (Å²) in [4.78, 5) is 5.56. The molecule has 3 saturated heterocycles. The Balaban J connectivity index is 1.85. The number of likely N-dealkylation sites (tertiary alicyclic amines) is 1. The normalized spacial score (nSPS) is 42.3. The fourth-order valence-electron chi connectivity index (χ4n) is 4.91. The second-order valence-electron chi connectivity index (χ2n) is 6.50. The molecular formula is C15H29N3. The maximum atomic E-state index is 6.30. The van der Waals surface area contributed by atoms with Crippen LogP contribution in [-0.2, 0) is 0 Å². The van der Waals surface area contributed by atoms with Crippen LogP contribution in [0.1, 0.15) is 51.9 Å². The minimum atomic E-state index is 0.317. The van der Waals surface area contributed by atoms with Gasteiger partial charge in [0.05, 0.1) is 5.54 Å². The summed E-state index contributed by atoms with van der Waals surface area (Å²) in [5, 5.41) is 0. The summed E-state index contributed by atoms with van der Waals surface area (Å²) in [5.74, 6) is 0. The van der Waals surface area contributed by atoms with Crippen molar-refractivity contribution < 1.29 is 0 Å². The van der Waals surface area contributed by atoms with Gasteiger partial charge >= 0.3 is 0 Å². The highest BCUT2D eigenvalue weighted by atomic mass is 15.3. The molecule has 3 atom stereocenters. The number of hydrogen-bond donors (Lipinski definition) is 1. The number of piperidine rings is 1. The standard InChI is InChI=1S/C15H29N3/c1-2-13-6-5-10-18(13)15(12-16)8-11-17-9-4-3-7-14(15)17/h13-14H,2-12,16H2,1H3. The molecule has 0 radical (unpaired) electrons. The molecule has 0 aliphatic carbocycles. The van der Waals surface area contributed by atoms with Gasteiger partial charge in [0.1, 0.15) is 0 Å². The first-order valence-corrected chi connectivity index (χ1v) is 8.02. The van der Waals surface area contributed by atoms with E-state index in [-0.39, 0.29) is 0 Å². The third kappa shape index (κ3) is 1.83. The highest BCUT2D eigenvalue weighted by molar-refractivity contribution is 5.10. The van der Waals surface area contributed by atoms with E-state index in [1.165, 1.54) is 64.6 Å². The summed E-state index contributed by atoms with van der Waals surface area (Å²) >= 11 is 0. The van der Waals surface area contributed by atoms with Crippen LogP contribution in [0.25, 0.3) is 0 Å². The van der Waals surface area contributed by atoms with Crippen LogP contribution in [-0.4, -0.2) is 53.6 Å². The minimum absolute atomic E-state index is 0.317. The van der Waals surface area contributed by atoms with Gasteiger partial charge in [0.15, 0.2) is 0 Å². The average Bonchev–Trinajstić information content (AvgIpc) is 3.03. The van der Waals surface area contributed by atoms with E-state index >= 15 is 0 Å². The lowest BCUT2D eigenvalue weighted by atomic mass is 9.83. The predicted molar refractivity (Wildman–Crippen MR) is 75.6 cm³/mol. The van der Waals surface area contributed by atoms with E-state index < -0.39 is 0 Å². The molecule has 104 valence electrons. The molecule has 3 nitrogen and oxygen atoms in total. The van der Waals surface area contributed by atoms with Crippen molar-refractivity contribution in [3.63, 3.8) is 0 Å². The van der Waals surface area contributed by atoms with E-state index in [4.69, 9.17) is 5.73 Å². The SMILES string of the molecule is CCC1CCCN1C1(CN)CCN2CCCCC21. The zero-order valence-corrected chi connectivity index (χ0v) is 11.9. The maximum Gasteiger partial charge on any atom is 0.0501 e. The average molecular weight is 251 g/mol. The van der Waals surface area contributed by atoms with Crippen molar-refractivity contribution in [2.24, 2.45) is 5.73 Å². The largest absolute Gasteiger partial charge is 0.329 e. The fourth-order valence-corrected chi connectivity index (χ4v) is 4.91. The molecule has 0 aromatic rings. The van der Waals surface area contributed by atoms with Gasteiger partial charge in [0.2, 0.25) is 0 Å². The molecular weight excluding hydrogens is 222 g/mol. The first kappa shape index (κ1) is 12.9. The van der Waals surface area contributed by atoms with Crippen LogP contribution >= 0.6 is 0 Å². The third-order valence-electron chi connectivity index (χ3n) is 5.84. The van der Waals surface area contributed by atoms with Gasteiger partial charge in [0, 0.05) is 25.2 Å². The van der Waals surface area contributed by atoms with E-state index in [0.717, 1.165) is 18.6 Å². The van der Waals surface area contributed by atoms with E-state index in [2.05, 4.69) is 16.7 Å². The van der Waals surface area contributed by atoms with E-state index in [0.29, 0.717) is 5.54 Å². The van der Waals surface area contributed by atoms with Gasteiger partial charge in [-0.15, -0.1) is 0 Å². The number of nitrogens with two attached hydrogens (primary N) is 1. The molecule has 18 heavy (non-hydrogen) atoms. The molecule has 0 aromatic carbocycles. The predicted octanol–water partition coefficient (Wildman–Crippen LogP) is 1.82. The lowest BCUT2D eigenvalue weighted by Crippen LogP contribution is -2.62. The molecule has 3 aliphatic rings. The Morgan fingerprint density at radius 1 is 1.11 bits per heavy atom. The highest BCUT2D eigenvalue weighted by Crippen LogP contribution is 2.42. The number of nitrogens with zero attached hydrogens (tertiary/aromatic N) is 2. The first-order valence-electron chi connectivity index (χ1n) is 8.02. The van der Waals surface area contributed by atoms with Crippen molar-refractivity contribution in [2.45, 2.75) is 69.5 Å². The van der Waals surface area contributed by atoms with Crippen molar-refractivity contribution >= 4 is 0 Å². The summed E-state index contributed by atoms with van der Waals surface area (Å²) in [6.07, 6.45) is 9.57. The summed E-state index contributed by atoms with van der Waals surface area (Å²) in [5.41, 5.74) is 6.62. The van der Waals surface area contributed by atoms with Gasteiger partial charge < -0.3 is 5.73 Å². The minimum Gasteiger partial charge on any atom is -0.329 e. The Hall–Kier alpha value is -0.120. The topological polar surface area (TPSA) is 32.5 Å². The lowest BCUT2D eigenvalue weighted by molar-refractivity contribution is 0.0272. The molecule has 0 amide bonds. The molecule has 2 N–H and O–H groups in total. The zero-order valence-electron chi connectivity index (χ0n) is 11.9. The van der Waals surface area contributed by atoms with Gasteiger partial charge in [0.25, 0.3) is 0 Å². The molecule has 0 bridgehead atoms. The Morgan fingerprint density at radius 3 is 2.78 bits per heavy atom. The van der Waals surface area contributed by atoms with Crippen LogP contribution < -0.4 is 5.73 Å². The Kier molecular flexibility index (Phi) is 3.65. The molecule has 3 rings (SSSR count). The van der Waals surface area contributed by atoms with Crippen molar-refractivity contribution in [3.8, 4) is 0 Å². The van der Waals surface area contributed by atoms with E-state index in [9.17, 15) is 0 Å². The van der Waals surface area contributed by atoms with Crippen LogP contribution in [0.2, 0.25) is 0 Å². The Morgan fingerprint density at radius 2 is 2.00 bits per heavy atom. The smallest absolute Gasteiger partial charge is 0.0501 e. The summed E-state index contributed by atoms with van der Waals surface area (Å²) in [6, 6.07) is 1.55. The van der Waals surface area contributed by atoms with Gasteiger partial charge in [-0.25, -0.2) is 0 Å². The lowest BCUT2D eigenvalue weighted by Gasteiger charge is -2.48. The molecule has 3 heteroatoms. The third-order valence-corrected chi connectivity index (χ3v) is 5.84. The van der Waals surface area contributed by atoms with Crippen molar-refractivity contribution in [3.05, 3.63) is 0 Å². The van der Waals surface area contributed by atoms with Crippen molar-refractivity contribution in [2.75, 3.05) is 26.2 Å². The molecule has 3 heterocycles. The van der Waals surface area contributed by atoms with E-state index in [1.807, 2.05) is 0 Å². The zero-order chi connectivity index (χ0) is 12.6. The number of fused-ring (bicyclic) bond motifs is 1. The maximum absolute atomic E-state index is 6.30. The van der Waals surface area contributed by atoms with Gasteiger partial charge in [-0.1, -0.05) is 13.3 Å².